The molecule has 0 aromatic heterocycles. The van der Waals surface area contributed by atoms with Crippen molar-refractivity contribution < 1.29 is 17.5 Å². The van der Waals surface area contributed by atoms with Crippen LogP contribution in [0.2, 0.25) is 0 Å². The van der Waals surface area contributed by atoms with Gasteiger partial charge in [0.2, 0.25) is 0 Å². The molecule has 3 aromatic rings. The number of benzene rings is 3. The molecule has 3 aromatic carbocycles. The zero-order chi connectivity index (χ0) is 19.4. The van der Waals surface area contributed by atoms with Gasteiger partial charge >= 0.3 is 0 Å². The molecule has 0 N–H and O–H groups in total. The van der Waals surface area contributed by atoms with Crippen LogP contribution in [0.25, 0.3) is 0 Å². The Hall–Kier alpha value is -2.86. The zero-order valence-corrected chi connectivity index (χ0v) is 15.9. The van der Waals surface area contributed by atoms with Crippen LogP contribution in [0.3, 0.4) is 0 Å². The third-order valence-corrected chi connectivity index (χ3v) is 6.14. The van der Waals surface area contributed by atoms with Crippen molar-refractivity contribution in [2.75, 3.05) is 11.4 Å². The summed E-state index contributed by atoms with van der Waals surface area (Å²) < 4.78 is 46.8. The number of rotatable bonds is 6. The number of ether oxygens (including phenoxy) is 1. The van der Waals surface area contributed by atoms with Crippen molar-refractivity contribution in [3.63, 3.8) is 0 Å². The van der Waals surface area contributed by atoms with Gasteiger partial charge in [-0.1, -0.05) is 30.3 Å². The van der Waals surface area contributed by atoms with Crippen LogP contribution >= 0.6 is 0 Å². The van der Waals surface area contributed by atoms with E-state index < -0.39 is 15.8 Å². The van der Waals surface area contributed by atoms with Crippen molar-refractivity contribution in [3.05, 3.63) is 89.7 Å². The Bertz CT molecular complexity index is 1040. The van der Waals surface area contributed by atoms with E-state index in [1.165, 1.54) is 16.4 Å². The molecule has 0 aliphatic carbocycles. The molecule has 0 saturated carbocycles. The van der Waals surface area contributed by atoms with Crippen LogP contribution in [0, 0.1) is 12.7 Å². The first-order valence-corrected chi connectivity index (χ1v) is 9.82. The molecular weight excluding hydrogens is 365 g/mol. The van der Waals surface area contributed by atoms with E-state index in [0.29, 0.717) is 17.0 Å². The summed E-state index contributed by atoms with van der Waals surface area (Å²) in [6.07, 6.45) is 0. The average Bonchev–Trinajstić information content (AvgIpc) is 2.66. The molecule has 0 saturated heterocycles. The number of hydrogen-bond acceptors (Lipinski definition) is 3. The maximum absolute atomic E-state index is 13.5. The van der Waals surface area contributed by atoms with Crippen LogP contribution < -0.4 is 9.04 Å². The monoisotopic (exact) mass is 385 g/mol. The number of nitrogens with zero attached hydrogens (tertiary/aromatic N) is 1. The Kier molecular flexibility index (Phi) is 5.46. The number of halogens is 1. The molecule has 0 atom stereocenters. The van der Waals surface area contributed by atoms with Crippen molar-refractivity contribution in [1.29, 1.82) is 0 Å². The minimum Gasteiger partial charge on any atom is -0.497 e. The quantitative estimate of drug-likeness (QED) is 0.626. The minimum absolute atomic E-state index is 0.0793. The van der Waals surface area contributed by atoms with Crippen molar-refractivity contribution in [2.24, 2.45) is 0 Å². The second-order valence-corrected chi connectivity index (χ2v) is 7.94. The molecule has 0 unspecified atom stereocenters. The standard InChI is InChI=1S/C21H20FNO3S/c1-16-13-18(22)11-12-21(16)27(24,25)23(19-8-4-3-5-9-19)15-17-7-6-10-20(14-17)26-2/h3-14H,15H2,1-2H3. The number of hydrogen-bond donors (Lipinski definition) is 0. The maximum atomic E-state index is 13.5. The van der Waals surface area contributed by atoms with Crippen LogP contribution in [0.4, 0.5) is 10.1 Å². The smallest absolute Gasteiger partial charge is 0.264 e. The lowest BCUT2D eigenvalue weighted by atomic mass is 10.2. The van der Waals surface area contributed by atoms with Gasteiger partial charge in [0.15, 0.2) is 0 Å². The van der Waals surface area contributed by atoms with Crippen LogP contribution in [0.15, 0.2) is 77.7 Å². The van der Waals surface area contributed by atoms with E-state index >= 15 is 0 Å². The van der Waals surface area contributed by atoms with Gasteiger partial charge in [0, 0.05) is 0 Å². The summed E-state index contributed by atoms with van der Waals surface area (Å²) in [5.74, 6) is 0.182. The molecule has 0 bridgehead atoms. The summed E-state index contributed by atoms with van der Waals surface area (Å²) in [4.78, 5) is 0.0793. The number of aryl methyl sites for hydroxylation is 1. The average molecular weight is 385 g/mol. The zero-order valence-electron chi connectivity index (χ0n) is 15.1. The molecule has 0 heterocycles. The van der Waals surface area contributed by atoms with Crippen molar-refractivity contribution in [2.45, 2.75) is 18.4 Å². The van der Waals surface area contributed by atoms with Gasteiger partial charge in [0.05, 0.1) is 24.2 Å². The number of sulfonamides is 1. The second kappa shape index (κ2) is 7.80. The van der Waals surface area contributed by atoms with Crippen LogP contribution in [0.1, 0.15) is 11.1 Å². The molecule has 140 valence electrons. The van der Waals surface area contributed by atoms with Gasteiger partial charge in [-0.2, -0.15) is 0 Å². The molecule has 0 aliphatic rings. The summed E-state index contributed by atoms with van der Waals surface area (Å²) in [5.41, 5.74) is 1.67. The van der Waals surface area contributed by atoms with Crippen molar-refractivity contribution >= 4 is 15.7 Å². The Morgan fingerprint density at radius 3 is 2.37 bits per heavy atom. The molecule has 0 fully saturated rings. The maximum Gasteiger partial charge on any atom is 0.264 e. The summed E-state index contributed by atoms with van der Waals surface area (Å²) in [6.45, 7) is 1.71. The first-order valence-electron chi connectivity index (χ1n) is 8.38. The van der Waals surface area contributed by atoms with E-state index in [-0.39, 0.29) is 11.4 Å². The molecule has 0 amide bonds. The van der Waals surface area contributed by atoms with E-state index in [9.17, 15) is 12.8 Å². The van der Waals surface area contributed by atoms with E-state index in [0.717, 1.165) is 11.6 Å². The minimum atomic E-state index is -3.89. The van der Waals surface area contributed by atoms with Gasteiger partial charge < -0.3 is 4.74 Å². The highest BCUT2D eigenvalue weighted by Crippen LogP contribution is 2.28. The molecule has 3 rings (SSSR count). The number of para-hydroxylation sites is 1. The SMILES string of the molecule is COc1cccc(CN(c2ccccc2)S(=O)(=O)c2ccc(F)cc2C)c1. The highest BCUT2D eigenvalue weighted by molar-refractivity contribution is 7.92. The van der Waals surface area contributed by atoms with Crippen molar-refractivity contribution in [1.82, 2.24) is 0 Å². The highest BCUT2D eigenvalue weighted by atomic mass is 32.2. The predicted molar refractivity (Wildman–Crippen MR) is 104 cm³/mol. The van der Waals surface area contributed by atoms with E-state index in [2.05, 4.69) is 0 Å². The van der Waals surface area contributed by atoms with Crippen LogP contribution in [-0.2, 0) is 16.6 Å². The summed E-state index contributed by atoms with van der Waals surface area (Å²) in [6, 6.07) is 19.8. The molecule has 4 nitrogen and oxygen atoms in total. The molecule has 27 heavy (non-hydrogen) atoms. The van der Waals surface area contributed by atoms with E-state index in [1.54, 1.807) is 50.4 Å². The Morgan fingerprint density at radius 1 is 0.963 bits per heavy atom. The van der Waals surface area contributed by atoms with Crippen LogP contribution in [-0.4, -0.2) is 15.5 Å². The van der Waals surface area contributed by atoms with Gasteiger partial charge in [-0.25, -0.2) is 12.8 Å². The number of methoxy groups -OCH3 is 1. The normalized spacial score (nSPS) is 11.2. The predicted octanol–water partition coefficient (Wildman–Crippen LogP) is 4.54. The Morgan fingerprint density at radius 2 is 1.70 bits per heavy atom. The largest absolute Gasteiger partial charge is 0.497 e. The number of anilines is 1. The lowest BCUT2D eigenvalue weighted by Crippen LogP contribution is -2.31. The van der Waals surface area contributed by atoms with Crippen LogP contribution in [0.5, 0.6) is 5.75 Å². The fraction of sp³-hybridized carbons (Fsp3) is 0.143. The van der Waals surface area contributed by atoms with E-state index in [1.807, 2.05) is 18.2 Å². The second-order valence-electron chi connectivity index (χ2n) is 6.11. The highest BCUT2D eigenvalue weighted by Gasteiger charge is 2.27. The summed E-state index contributed by atoms with van der Waals surface area (Å²) in [7, 11) is -2.33. The first-order chi connectivity index (χ1) is 12.9. The summed E-state index contributed by atoms with van der Waals surface area (Å²) in [5, 5.41) is 0. The van der Waals surface area contributed by atoms with Gasteiger partial charge in [-0.05, 0) is 60.5 Å². The molecule has 6 heteroatoms. The first kappa shape index (κ1) is 18.9. The lowest BCUT2D eigenvalue weighted by molar-refractivity contribution is 0.414. The van der Waals surface area contributed by atoms with Gasteiger partial charge in [-0.3, -0.25) is 4.31 Å². The van der Waals surface area contributed by atoms with Gasteiger partial charge in [0.1, 0.15) is 11.6 Å². The molecule has 0 spiro atoms. The molecule has 0 radical (unpaired) electrons. The van der Waals surface area contributed by atoms with Gasteiger partial charge in [0.25, 0.3) is 10.0 Å². The fourth-order valence-corrected chi connectivity index (χ4v) is 4.53. The summed E-state index contributed by atoms with van der Waals surface area (Å²) >= 11 is 0. The van der Waals surface area contributed by atoms with Gasteiger partial charge in [-0.15, -0.1) is 0 Å². The third kappa shape index (κ3) is 4.11. The Balaban J connectivity index is 2.09. The molecule has 0 aliphatic heterocycles. The topological polar surface area (TPSA) is 46.6 Å². The van der Waals surface area contributed by atoms with Crippen molar-refractivity contribution in [3.8, 4) is 5.75 Å². The van der Waals surface area contributed by atoms with E-state index in [4.69, 9.17) is 4.74 Å². The molecular formula is C21H20FNO3S. The lowest BCUT2D eigenvalue weighted by Gasteiger charge is -2.25. The Labute approximate surface area is 158 Å². The fourth-order valence-electron chi connectivity index (χ4n) is 2.87. The third-order valence-electron chi connectivity index (χ3n) is 4.21.